The van der Waals surface area contributed by atoms with E-state index in [4.69, 9.17) is 9.47 Å². The van der Waals surface area contributed by atoms with E-state index >= 15 is 0 Å². The number of rotatable bonds is 9. The van der Waals surface area contributed by atoms with Crippen molar-refractivity contribution in [3.63, 3.8) is 0 Å². The molecule has 0 bridgehead atoms. The van der Waals surface area contributed by atoms with Gasteiger partial charge in [-0.2, -0.15) is 0 Å². The molecule has 10 heteroatoms. The lowest BCUT2D eigenvalue weighted by molar-refractivity contribution is -0.139. The first-order chi connectivity index (χ1) is 12.9. The van der Waals surface area contributed by atoms with E-state index in [0.717, 1.165) is 11.3 Å². The fraction of sp³-hybridized carbons (Fsp3) is 0.353. The highest BCUT2D eigenvalue weighted by Crippen LogP contribution is 2.25. The lowest BCUT2D eigenvalue weighted by atomic mass is 10.1. The fourth-order valence-corrected chi connectivity index (χ4v) is 3.45. The molecule has 1 aromatic carbocycles. The smallest absolute Gasteiger partial charge is 0.316 e. The maximum Gasteiger partial charge on any atom is 0.316 e. The minimum atomic E-state index is -0.799. The zero-order valence-corrected chi connectivity index (χ0v) is 16.7. The van der Waals surface area contributed by atoms with Crippen molar-refractivity contribution in [1.29, 1.82) is 0 Å². The van der Waals surface area contributed by atoms with Crippen molar-refractivity contribution in [2.75, 3.05) is 17.7 Å². The molecule has 0 radical (unpaired) electrons. The normalized spacial score (nSPS) is 11.5. The zero-order valence-electron chi connectivity index (χ0n) is 15.1. The van der Waals surface area contributed by atoms with E-state index in [1.807, 2.05) is 0 Å². The number of benzene rings is 1. The summed E-state index contributed by atoms with van der Waals surface area (Å²) < 4.78 is 11.0. The third kappa shape index (κ3) is 6.65. The van der Waals surface area contributed by atoms with Crippen molar-refractivity contribution in [2.45, 2.75) is 31.2 Å². The summed E-state index contributed by atoms with van der Waals surface area (Å²) in [5.41, 5.74) is 0.507. The molecule has 8 nitrogen and oxygen atoms in total. The molecule has 2 rings (SSSR count). The van der Waals surface area contributed by atoms with Crippen LogP contribution in [0, 0.1) is 0 Å². The first-order valence-corrected chi connectivity index (χ1v) is 9.89. The van der Waals surface area contributed by atoms with Gasteiger partial charge in [0.1, 0.15) is 5.75 Å². The number of carbonyl (C=O) groups excluding carboxylic acids is 3. The molecule has 0 saturated carbocycles. The largest absolute Gasteiger partial charge is 0.481 e. The van der Waals surface area contributed by atoms with Crippen LogP contribution >= 0.6 is 23.1 Å². The summed E-state index contributed by atoms with van der Waals surface area (Å²) in [6.07, 6.45) is -0.799. The van der Waals surface area contributed by atoms with Crippen LogP contribution in [-0.2, 0) is 14.3 Å². The standard InChI is InChI=1S/C17H19N3O5S2/c1-4-24-14(22)9-26-17-20-19-16(27-17)18-15(23)11(3)25-13-7-5-6-12(8-13)10(2)21/h5-8,11H,4,9H2,1-3H3,(H,18,19,23). The molecular weight excluding hydrogens is 390 g/mol. The third-order valence-corrected chi connectivity index (χ3v) is 5.12. The summed E-state index contributed by atoms with van der Waals surface area (Å²) in [5.74, 6) is -0.269. The Morgan fingerprint density at radius 1 is 1.30 bits per heavy atom. The number of aromatic nitrogens is 2. The Kier molecular flexibility index (Phi) is 7.74. The molecule has 144 valence electrons. The molecule has 1 aromatic heterocycles. The number of amides is 1. The molecule has 1 unspecified atom stereocenters. The van der Waals surface area contributed by atoms with E-state index in [1.54, 1.807) is 38.1 Å². The quantitative estimate of drug-likeness (QED) is 0.292. The molecule has 0 fully saturated rings. The van der Waals surface area contributed by atoms with E-state index < -0.39 is 12.0 Å². The Morgan fingerprint density at radius 2 is 2.07 bits per heavy atom. The van der Waals surface area contributed by atoms with E-state index in [2.05, 4.69) is 15.5 Å². The van der Waals surface area contributed by atoms with Crippen LogP contribution in [0.15, 0.2) is 28.6 Å². The second-order valence-corrected chi connectivity index (χ2v) is 7.50. The van der Waals surface area contributed by atoms with Gasteiger partial charge in [-0.25, -0.2) is 0 Å². The summed E-state index contributed by atoms with van der Waals surface area (Å²) in [4.78, 5) is 35.0. The first-order valence-electron chi connectivity index (χ1n) is 8.09. The maximum absolute atomic E-state index is 12.3. The Morgan fingerprint density at radius 3 is 2.78 bits per heavy atom. The Balaban J connectivity index is 1.88. The Hall–Kier alpha value is -2.46. The molecule has 27 heavy (non-hydrogen) atoms. The molecule has 2 aromatic rings. The number of hydrogen-bond donors (Lipinski definition) is 1. The molecule has 1 amide bonds. The number of ketones is 1. The van der Waals surface area contributed by atoms with Crippen LogP contribution in [-0.4, -0.2) is 46.3 Å². The van der Waals surface area contributed by atoms with Gasteiger partial charge >= 0.3 is 5.97 Å². The number of thioether (sulfide) groups is 1. The lowest BCUT2D eigenvalue weighted by Crippen LogP contribution is -2.30. The van der Waals surface area contributed by atoms with Crippen molar-refractivity contribution in [2.24, 2.45) is 0 Å². The molecule has 0 aliphatic carbocycles. The van der Waals surface area contributed by atoms with Gasteiger partial charge in [0, 0.05) is 5.56 Å². The lowest BCUT2D eigenvalue weighted by Gasteiger charge is -2.13. The minimum Gasteiger partial charge on any atom is -0.481 e. The molecule has 0 saturated heterocycles. The molecule has 0 spiro atoms. The van der Waals surface area contributed by atoms with Crippen molar-refractivity contribution >= 4 is 45.9 Å². The number of esters is 1. The highest BCUT2D eigenvalue weighted by Gasteiger charge is 2.18. The molecule has 1 N–H and O–H groups in total. The van der Waals surface area contributed by atoms with Gasteiger partial charge in [0.25, 0.3) is 5.91 Å². The maximum atomic E-state index is 12.3. The Bertz CT molecular complexity index is 824. The first kappa shape index (κ1) is 20.8. The van der Waals surface area contributed by atoms with Crippen molar-refractivity contribution in [3.05, 3.63) is 29.8 Å². The number of carbonyl (C=O) groups is 3. The van der Waals surface area contributed by atoms with Gasteiger partial charge in [-0.3, -0.25) is 19.7 Å². The topological polar surface area (TPSA) is 107 Å². The highest BCUT2D eigenvalue weighted by molar-refractivity contribution is 8.01. The predicted molar refractivity (Wildman–Crippen MR) is 102 cm³/mol. The number of nitrogens with zero attached hydrogens (tertiary/aromatic N) is 2. The van der Waals surface area contributed by atoms with E-state index in [0.29, 0.717) is 27.4 Å². The third-order valence-electron chi connectivity index (χ3n) is 3.18. The number of Topliss-reactive ketones (excluding diaryl/α,β-unsaturated/α-hetero) is 1. The van der Waals surface area contributed by atoms with E-state index in [9.17, 15) is 14.4 Å². The number of ether oxygens (including phenoxy) is 2. The zero-order chi connectivity index (χ0) is 19.8. The average Bonchev–Trinajstić information content (AvgIpc) is 3.07. The van der Waals surface area contributed by atoms with Crippen LogP contribution in [0.1, 0.15) is 31.1 Å². The summed E-state index contributed by atoms with van der Waals surface area (Å²) in [6.45, 7) is 5.11. The van der Waals surface area contributed by atoms with Crippen LogP contribution in [0.2, 0.25) is 0 Å². The summed E-state index contributed by atoms with van der Waals surface area (Å²) in [6, 6.07) is 6.62. The SMILES string of the molecule is CCOC(=O)CSc1nnc(NC(=O)C(C)Oc2cccc(C(C)=O)c2)s1. The molecule has 0 aliphatic heterocycles. The van der Waals surface area contributed by atoms with Crippen LogP contribution < -0.4 is 10.1 Å². The summed E-state index contributed by atoms with van der Waals surface area (Å²) in [7, 11) is 0. The van der Waals surface area contributed by atoms with Crippen molar-refractivity contribution < 1.29 is 23.9 Å². The molecular formula is C17H19N3O5S2. The predicted octanol–water partition coefficient (Wildman–Crippen LogP) is 2.80. The number of hydrogen-bond acceptors (Lipinski definition) is 9. The monoisotopic (exact) mass is 409 g/mol. The Labute approximate surface area is 164 Å². The van der Waals surface area contributed by atoms with Gasteiger partial charge in [-0.1, -0.05) is 35.2 Å². The fourth-order valence-electron chi connectivity index (χ4n) is 1.89. The van der Waals surface area contributed by atoms with Gasteiger partial charge in [0.15, 0.2) is 16.2 Å². The van der Waals surface area contributed by atoms with Gasteiger partial charge in [-0.15, -0.1) is 10.2 Å². The summed E-state index contributed by atoms with van der Waals surface area (Å²) in [5, 5.41) is 10.7. The van der Waals surface area contributed by atoms with Crippen LogP contribution in [0.3, 0.4) is 0 Å². The second-order valence-electron chi connectivity index (χ2n) is 5.30. The van der Waals surface area contributed by atoms with Gasteiger partial charge in [0.05, 0.1) is 12.4 Å². The molecule has 1 heterocycles. The minimum absolute atomic E-state index is 0.0840. The summed E-state index contributed by atoms with van der Waals surface area (Å²) >= 11 is 2.34. The molecule has 1 atom stereocenters. The van der Waals surface area contributed by atoms with Crippen LogP contribution in [0.25, 0.3) is 0 Å². The van der Waals surface area contributed by atoms with Crippen molar-refractivity contribution in [1.82, 2.24) is 10.2 Å². The average molecular weight is 409 g/mol. The highest BCUT2D eigenvalue weighted by atomic mass is 32.2. The van der Waals surface area contributed by atoms with Crippen LogP contribution in [0.5, 0.6) is 5.75 Å². The second kappa shape index (κ2) is 10.0. The van der Waals surface area contributed by atoms with E-state index in [-0.39, 0.29) is 17.5 Å². The van der Waals surface area contributed by atoms with Gasteiger partial charge in [-0.05, 0) is 32.9 Å². The van der Waals surface area contributed by atoms with Gasteiger partial charge in [0.2, 0.25) is 5.13 Å². The number of nitrogens with one attached hydrogen (secondary N) is 1. The van der Waals surface area contributed by atoms with Crippen LogP contribution in [0.4, 0.5) is 5.13 Å². The molecule has 0 aliphatic rings. The van der Waals surface area contributed by atoms with Gasteiger partial charge < -0.3 is 9.47 Å². The van der Waals surface area contributed by atoms with E-state index in [1.165, 1.54) is 18.7 Å². The number of anilines is 1. The van der Waals surface area contributed by atoms with Crippen molar-refractivity contribution in [3.8, 4) is 5.75 Å².